The van der Waals surface area contributed by atoms with Crippen molar-refractivity contribution in [2.24, 2.45) is 5.10 Å². The van der Waals surface area contributed by atoms with Gasteiger partial charge < -0.3 is 24.9 Å². The van der Waals surface area contributed by atoms with Crippen LogP contribution in [0.1, 0.15) is 31.9 Å². The van der Waals surface area contributed by atoms with Gasteiger partial charge in [-0.15, -0.1) is 0 Å². The number of fused-ring (bicyclic) bond motifs is 1. The van der Waals surface area contributed by atoms with Crippen LogP contribution in [0.15, 0.2) is 32.9 Å². The summed E-state index contributed by atoms with van der Waals surface area (Å²) >= 11 is 1.18. The van der Waals surface area contributed by atoms with Crippen LogP contribution in [0.25, 0.3) is 10.2 Å². The minimum absolute atomic E-state index is 0. The van der Waals surface area contributed by atoms with E-state index in [1.807, 2.05) is 6.92 Å². The van der Waals surface area contributed by atoms with E-state index in [9.17, 15) is 18.8 Å². The summed E-state index contributed by atoms with van der Waals surface area (Å²) in [4.78, 5) is 42.4. The summed E-state index contributed by atoms with van der Waals surface area (Å²) in [5.41, 5.74) is 2.87. The molecule has 3 N–H and O–H groups in total. The quantitative estimate of drug-likeness (QED) is 0.229. The minimum Gasteiger partial charge on any atom is -0.496 e. The van der Waals surface area contributed by atoms with Crippen LogP contribution < -0.4 is 21.4 Å². The monoisotopic (exact) mass is 592 g/mol. The Hall–Kier alpha value is -3.88. The first kappa shape index (κ1) is 31.6. The van der Waals surface area contributed by atoms with Gasteiger partial charge in [0.2, 0.25) is 5.91 Å². The summed E-state index contributed by atoms with van der Waals surface area (Å²) in [6.45, 7) is 5.26. The maximum atomic E-state index is 13.9. The van der Waals surface area contributed by atoms with E-state index in [0.717, 1.165) is 10.8 Å². The Morgan fingerprint density at radius 2 is 2.07 bits per heavy atom. The van der Waals surface area contributed by atoms with Crippen molar-refractivity contribution in [3.63, 3.8) is 0 Å². The van der Waals surface area contributed by atoms with Gasteiger partial charge in [0.25, 0.3) is 5.56 Å². The number of hydrazone groups is 1. The zero-order valence-electron chi connectivity index (χ0n) is 23.5. The molecule has 0 spiro atoms. The largest absolute Gasteiger partial charge is 0.496 e. The number of hydrogen-bond donors (Lipinski definition) is 3. The number of aryl methyl sites for hydroxylation is 3. The molecular weight excluding hydrogens is 555 g/mol. The number of nitrogens with zero attached hydrogens (tertiary/aromatic N) is 4. The third-order valence-electron chi connectivity index (χ3n) is 6.66. The van der Waals surface area contributed by atoms with Crippen LogP contribution in [0.5, 0.6) is 5.75 Å². The average molecular weight is 593 g/mol. The van der Waals surface area contributed by atoms with E-state index in [0.29, 0.717) is 58.2 Å². The number of ether oxygens (including phenoxy) is 2. The third-order valence-corrected chi connectivity index (χ3v) is 7.88. The molecule has 1 fully saturated rings. The zero-order chi connectivity index (χ0) is 30.1. The molecule has 0 radical (unpaired) electrons. The molecule has 1 amide bonds. The SMILES string of the molecule is CCN1CCC(n2c(=O)c3c(C)c(N/N=C\C=N)sc3n(CCc3cc(F)ccc3OC)c2=O)C1=O.COCCO.[HH]. The molecule has 1 unspecified atom stereocenters. The molecule has 224 valence electrons. The topological polar surface area (TPSA) is 151 Å². The highest BCUT2D eigenvalue weighted by Gasteiger charge is 2.35. The van der Waals surface area contributed by atoms with Gasteiger partial charge in [-0.05, 0) is 50.5 Å². The second-order valence-electron chi connectivity index (χ2n) is 9.05. The third kappa shape index (κ3) is 6.89. The molecule has 41 heavy (non-hydrogen) atoms. The predicted molar refractivity (Wildman–Crippen MR) is 160 cm³/mol. The number of carbonyl (C=O) groups is 1. The van der Waals surface area contributed by atoms with Gasteiger partial charge in [0.1, 0.15) is 27.4 Å². The Morgan fingerprint density at radius 1 is 1.32 bits per heavy atom. The number of methoxy groups -OCH3 is 2. The van der Waals surface area contributed by atoms with Crippen molar-refractivity contribution in [1.29, 1.82) is 5.41 Å². The molecule has 1 aliphatic heterocycles. The molecule has 14 heteroatoms. The summed E-state index contributed by atoms with van der Waals surface area (Å²) in [5, 5.41) is 19.8. The number of carbonyl (C=O) groups excluding carboxylic acids is 1. The molecular formula is C27H37FN6O6S. The highest BCUT2D eigenvalue weighted by molar-refractivity contribution is 7.22. The number of aliphatic hydroxyl groups is 1. The second-order valence-corrected chi connectivity index (χ2v) is 10.0. The van der Waals surface area contributed by atoms with Crippen molar-refractivity contribution >= 4 is 44.9 Å². The van der Waals surface area contributed by atoms with Gasteiger partial charge in [0.15, 0.2) is 0 Å². The number of hydrogen-bond acceptors (Lipinski definition) is 10. The molecule has 0 saturated carbocycles. The van der Waals surface area contributed by atoms with Crippen LogP contribution in [-0.4, -0.2) is 78.0 Å². The molecule has 1 aromatic carbocycles. The van der Waals surface area contributed by atoms with Gasteiger partial charge in [-0.1, -0.05) is 11.3 Å². The average Bonchev–Trinajstić information content (AvgIpc) is 3.48. The number of likely N-dealkylation sites (N-methyl/N-ethyl adjacent to an activating group) is 1. The van der Waals surface area contributed by atoms with Gasteiger partial charge in [-0.3, -0.25) is 19.6 Å². The number of halogens is 1. The number of benzene rings is 1. The molecule has 12 nitrogen and oxygen atoms in total. The first-order valence-electron chi connectivity index (χ1n) is 13.0. The van der Waals surface area contributed by atoms with E-state index >= 15 is 0 Å². The van der Waals surface area contributed by atoms with Crippen molar-refractivity contribution in [1.82, 2.24) is 14.0 Å². The molecule has 1 atom stereocenters. The molecule has 3 heterocycles. The molecule has 2 aromatic heterocycles. The standard InChI is InChI=1S/C24H27FN6O4S.C3H8O2.H2/c1-4-29-11-8-17(21(29)32)31-22(33)19-14(2)20(28-27-10-9-26)36-23(19)30(24(31)34)12-7-15-13-16(25)5-6-18(15)35-3;1-5-3-2-4;/h5-6,9-10,13,17,26,28H,4,7-8,11-12H2,1-3H3;4H,2-3H2,1H3;1H/b26-9?,27-10-;;. The van der Waals surface area contributed by atoms with Crippen molar-refractivity contribution < 1.29 is 25.2 Å². The first-order chi connectivity index (χ1) is 19.7. The number of amides is 1. The Kier molecular flexibility index (Phi) is 11.3. The molecule has 1 aliphatic rings. The van der Waals surface area contributed by atoms with Gasteiger partial charge in [-0.25, -0.2) is 13.8 Å². The Balaban J connectivity index is 0.000000947. The van der Waals surface area contributed by atoms with Crippen LogP contribution in [-0.2, 0) is 22.5 Å². The van der Waals surface area contributed by atoms with Gasteiger partial charge >= 0.3 is 5.69 Å². The van der Waals surface area contributed by atoms with Gasteiger partial charge in [0, 0.05) is 39.9 Å². The smallest absolute Gasteiger partial charge is 0.332 e. The highest BCUT2D eigenvalue weighted by atomic mass is 32.1. The van der Waals surface area contributed by atoms with E-state index in [1.165, 1.54) is 47.4 Å². The number of rotatable bonds is 11. The fourth-order valence-corrected chi connectivity index (χ4v) is 5.79. The normalized spacial score (nSPS) is 14.9. The summed E-state index contributed by atoms with van der Waals surface area (Å²) < 4.78 is 26.2. The maximum Gasteiger partial charge on any atom is 0.332 e. The minimum atomic E-state index is -0.879. The van der Waals surface area contributed by atoms with Crippen molar-refractivity contribution in [3.8, 4) is 5.75 Å². The van der Waals surface area contributed by atoms with E-state index < -0.39 is 23.1 Å². The van der Waals surface area contributed by atoms with Gasteiger partial charge in [0.05, 0.1) is 31.9 Å². The van der Waals surface area contributed by atoms with Crippen LogP contribution in [0, 0.1) is 18.2 Å². The van der Waals surface area contributed by atoms with Crippen molar-refractivity contribution in [2.75, 3.05) is 45.9 Å². The van der Waals surface area contributed by atoms with Crippen LogP contribution in [0.4, 0.5) is 9.39 Å². The van der Waals surface area contributed by atoms with E-state index in [-0.39, 0.29) is 26.9 Å². The summed E-state index contributed by atoms with van der Waals surface area (Å²) in [7, 11) is 3.04. The molecule has 1 saturated heterocycles. The number of thiophene rings is 1. The summed E-state index contributed by atoms with van der Waals surface area (Å²) in [6, 6.07) is 3.30. The van der Waals surface area contributed by atoms with Crippen LogP contribution in [0.2, 0.25) is 0 Å². The summed E-state index contributed by atoms with van der Waals surface area (Å²) in [6.07, 6.45) is 2.89. The number of anilines is 1. The number of likely N-dealkylation sites (tertiary alicyclic amines) is 1. The molecule has 4 rings (SSSR count). The van der Waals surface area contributed by atoms with E-state index in [4.69, 9.17) is 15.3 Å². The lowest BCUT2D eigenvalue weighted by Gasteiger charge is -2.17. The Bertz CT molecular complexity index is 1540. The maximum absolute atomic E-state index is 13.9. The van der Waals surface area contributed by atoms with Crippen molar-refractivity contribution in [2.45, 2.75) is 39.3 Å². The number of aromatic nitrogens is 2. The lowest BCUT2D eigenvalue weighted by molar-refractivity contribution is -0.130. The van der Waals surface area contributed by atoms with Gasteiger partial charge in [-0.2, -0.15) is 5.10 Å². The van der Waals surface area contributed by atoms with Crippen LogP contribution in [0.3, 0.4) is 0 Å². The second kappa shape index (κ2) is 14.7. The molecule has 3 aromatic rings. The molecule has 0 aliphatic carbocycles. The fraction of sp³-hybridized carbons (Fsp3) is 0.444. The Labute approximate surface area is 241 Å². The van der Waals surface area contributed by atoms with E-state index in [2.05, 4.69) is 15.3 Å². The Morgan fingerprint density at radius 3 is 2.66 bits per heavy atom. The van der Waals surface area contributed by atoms with Crippen molar-refractivity contribution in [3.05, 3.63) is 56.0 Å². The van der Waals surface area contributed by atoms with Crippen LogP contribution >= 0.6 is 11.3 Å². The first-order valence-corrected chi connectivity index (χ1v) is 13.8. The lowest BCUT2D eigenvalue weighted by Crippen LogP contribution is -2.44. The highest BCUT2D eigenvalue weighted by Crippen LogP contribution is 2.33. The lowest BCUT2D eigenvalue weighted by atomic mass is 10.1. The number of nitrogens with one attached hydrogen (secondary N) is 2. The number of aliphatic hydroxyl groups excluding tert-OH is 1. The van der Waals surface area contributed by atoms with E-state index in [1.54, 1.807) is 18.9 Å². The predicted octanol–water partition coefficient (Wildman–Crippen LogP) is 2.64. The molecule has 0 bridgehead atoms. The fourth-order valence-electron chi connectivity index (χ4n) is 4.62. The summed E-state index contributed by atoms with van der Waals surface area (Å²) in [5.74, 6) is -0.188. The zero-order valence-corrected chi connectivity index (χ0v) is 24.3.